The highest BCUT2D eigenvalue weighted by molar-refractivity contribution is 8.38. The van der Waals surface area contributed by atoms with Crippen molar-refractivity contribution < 1.29 is 9.72 Å². The van der Waals surface area contributed by atoms with Crippen LogP contribution in [0.5, 0.6) is 0 Å². The number of carbonyl (C=O) groups is 1. The Morgan fingerprint density at radius 1 is 1.12 bits per heavy atom. The lowest BCUT2D eigenvalue weighted by atomic mass is 10.2. The third kappa shape index (κ3) is 7.83. The van der Waals surface area contributed by atoms with Gasteiger partial charge in [-0.2, -0.15) is 5.10 Å². The lowest BCUT2D eigenvalue weighted by Crippen LogP contribution is -2.18. The van der Waals surface area contributed by atoms with Gasteiger partial charge in [0.15, 0.2) is 0 Å². The Labute approximate surface area is 151 Å². The number of benzene rings is 1. The van der Waals surface area contributed by atoms with Crippen molar-refractivity contribution in [2.45, 2.75) is 39.5 Å². The van der Waals surface area contributed by atoms with Gasteiger partial charge in [0, 0.05) is 29.2 Å². The van der Waals surface area contributed by atoms with Crippen LogP contribution in [0.15, 0.2) is 29.4 Å². The van der Waals surface area contributed by atoms with Crippen molar-refractivity contribution in [3.63, 3.8) is 0 Å². The standard InChI is InChI=1S/C16H23N3O3S2/c1-3-5-11-23-16(24-12-6-4-2)18-17-15(20)13-7-9-14(10-8-13)19(21)22/h7-10H,3-6,11-12H2,1-2H3,(H,17,20). The fourth-order valence-electron chi connectivity index (χ4n) is 1.61. The number of nitrogens with one attached hydrogen (secondary N) is 1. The maximum Gasteiger partial charge on any atom is 0.271 e. The molecule has 1 rings (SSSR count). The van der Waals surface area contributed by atoms with Gasteiger partial charge < -0.3 is 0 Å². The highest BCUT2D eigenvalue weighted by Gasteiger charge is 2.09. The molecule has 0 aliphatic carbocycles. The molecular formula is C16H23N3O3S2. The van der Waals surface area contributed by atoms with E-state index in [2.05, 4.69) is 24.4 Å². The second-order valence-corrected chi connectivity index (χ2v) is 7.45. The SMILES string of the molecule is CCCCSC(=NNC(=O)c1ccc([N+](=O)[O-])cc1)SCCCC. The van der Waals surface area contributed by atoms with Crippen molar-refractivity contribution in [3.8, 4) is 0 Å². The number of unbranched alkanes of at least 4 members (excludes halogenated alkanes) is 2. The molecule has 0 bridgehead atoms. The van der Waals surface area contributed by atoms with Crippen LogP contribution in [-0.2, 0) is 0 Å². The zero-order chi connectivity index (χ0) is 17.8. The van der Waals surface area contributed by atoms with E-state index in [-0.39, 0.29) is 11.6 Å². The molecule has 0 spiro atoms. The molecule has 0 saturated carbocycles. The predicted molar refractivity (Wildman–Crippen MR) is 103 cm³/mol. The van der Waals surface area contributed by atoms with E-state index in [1.54, 1.807) is 23.5 Å². The minimum atomic E-state index is -0.493. The van der Waals surface area contributed by atoms with E-state index in [1.165, 1.54) is 24.3 Å². The minimum Gasteiger partial charge on any atom is -0.267 e. The normalized spacial score (nSPS) is 10.2. The number of carbonyl (C=O) groups excluding carboxylic acids is 1. The molecule has 0 heterocycles. The Morgan fingerprint density at radius 2 is 1.67 bits per heavy atom. The molecular weight excluding hydrogens is 346 g/mol. The maximum absolute atomic E-state index is 12.1. The number of nitrogens with zero attached hydrogens (tertiary/aromatic N) is 2. The molecule has 0 radical (unpaired) electrons. The second-order valence-electron chi connectivity index (χ2n) is 5.03. The molecule has 0 saturated heterocycles. The summed E-state index contributed by atoms with van der Waals surface area (Å²) in [5.74, 6) is 1.58. The molecule has 6 nitrogen and oxygen atoms in total. The number of hydrogen-bond donors (Lipinski definition) is 1. The lowest BCUT2D eigenvalue weighted by Gasteiger charge is -2.06. The van der Waals surface area contributed by atoms with Crippen LogP contribution in [-0.4, -0.2) is 26.7 Å². The van der Waals surface area contributed by atoms with E-state index >= 15 is 0 Å². The number of hydrazone groups is 1. The third-order valence-corrected chi connectivity index (χ3v) is 5.41. The topological polar surface area (TPSA) is 84.6 Å². The molecule has 0 aromatic heterocycles. The van der Waals surface area contributed by atoms with Gasteiger partial charge in [-0.1, -0.05) is 50.2 Å². The smallest absolute Gasteiger partial charge is 0.267 e. The van der Waals surface area contributed by atoms with Gasteiger partial charge in [0.25, 0.3) is 11.6 Å². The Hall–Kier alpha value is -1.54. The largest absolute Gasteiger partial charge is 0.271 e. The maximum atomic E-state index is 12.1. The van der Waals surface area contributed by atoms with E-state index in [0.29, 0.717) is 5.56 Å². The number of amides is 1. The van der Waals surface area contributed by atoms with Crippen molar-refractivity contribution in [1.82, 2.24) is 5.43 Å². The summed E-state index contributed by atoms with van der Waals surface area (Å²) in [6.45, 7) is 4.27. The number of non-ortho nitro benzene ring substituents is 1. The summed E-state index contributed by atoms with van der Waals surface area (Å²) < 4.78 is 0.854. The fraction of sp³-hybridized carbons (Fsp3) is 0.500. The first-order chi connectivity index (χ1) is 11.6. The average Bonchev–Trinajstić information content (AvgIpc) is 2.59. The van der Waals surface area contributed by atoms with E-state index in [4.69, 9.17) is 0 Å². The molecule has 1 N–H and O–H groups in total. The summed E-state index contributed by atoms with van der Waals surface area (Å²) in [5, 5.41) is 14.8. The van der Waals surface area contributed by atoms with Gasteiger partial charge in [-0.3, -0.25) is 14.9 Å². The monoisotopic (exact) mass is 369 g/mol. The lowest BCUT2D eigenvalue weighted by molar-refractivity contribution is -0.384. The molecule has 0 unspecified atom stereocenters. The van der Waals surface area contributed by atoms with Gasteiger partial charge in [-0.15, -0.1) is 0 Å². The van der Waals surface area contributed by atoms with E-state index in [9.17, 15) is 14.9 Å². The molecule has 1 amide bonds. The number of hydrogen-bond acceptors (Lipinski definition) is 6. The Morgan fingerprint density at radius 3 is 2.12 bits per heavy atom. The van der Waals surface area contributed by atoms with Gasteiger partial charge in [0.2, 0.25) is 0 Å². The highest BCUT2D eigenvalue weighted by atomic mass is 32.2. The Bertz CT molecular complexity index is 550. The van der Waals surface area contributed by atoms with Crippen LogP contribution in [0.1, 0.15) is 49.9 Å². The fourth-order valence-corrected chi connectivity index (χ4v) is 3.88. The van der Waals surface area contributed by atoms with Crippen LogP contribution in [0.2, 0.25) is 0 Å². The van der Waals surface area contributed by atoms with Gasteiger partial charge >= 0.3 is 0 Å². The number of nitro benzene ring substituents is 1. The van der Waals surface area contributed by atoms with Gasteiger partial charge in [-0.05, 0) is 25.0 Å². The zero-order valence-electron chi connectivity index (χ0n) is 14.0. The molecule has 0 fully saturated rings. The van der Waals surface area contributed by atoms with Crippen molar-refractivity contribution >= 4 is 39.5 Å². The van der Waals surface area contributed by atoms with Gasteiger partial charge in [0.05, 0.1) is 4.92 Å². The Kier molecular flexibility index (Phi) is 10.2. The van der Waals surface area contributed by atoms with E-state index in [0.717, 1.165) is 41.6 Å². The van der Waals surface area contributed by atoms with Crippen LogP contribution in [0.4, 0.5) is 5.69 Å². The molecule has 1 aromatic carbocycles. The Balaban J connectivity index is 2.64. The molecule has 1 aromatic rings. The first-order valence-electron chi connectivity index (χ1n) is 7.96. The molecule has 0 atom stereocenters. The summed E-state index contributed by atoms with van der Waals surface area (Å²) in [6, 6.07) is 5.48. The quantitative estimate of drug-likeness (QED) is 0.225. The number of rotatable bonds is 9. The first kappa shape index (κ1) is 20.5. The summed E-state index contributed by atoms with van der Waals surface area (Å²) in [5.41, 5.74) is 2.85. The number of thioether (sulfide) groups is 2. The van der Waals surface area contributed by atoms with Crippen LogP contribution >= 0.6 is 23.5 Å². The molecule has 0 aliphatic heterocycles. The van der Waals surface area contributed by atoms with Crippen molar-refractivity contribution in [3.05, 3.63) is 39.9 Å². The molecule has 132 valence electrons. The van der Waals surface area contributed by atoms with Crippen LogP contribution in [0, 0.1) is 10.1 Å². The molecule has 0 aliphatic rings. The third-order valence-electron chi connectivity index (χ3n) is 3.04. The van der Waals surface area contributed by atoms with Crippen molar-refractivity contribution in [2.75, 3.05) is 11.5 Å². The highest BCUT2D eigenvalue weighted by Crippen LogP contribution is 2.19. The molecule has 8 heteroatoms. The summed E-state index contributed by atoms with van der Waals surface area (Å²) in [6.07, 6.45) is 4.45. The number of nitro groups is 1. The summed E-state index contributed by atoms with van der Waals surface area (Å²) in [7, 11) is 0. The average molecular weight is 370 g/mol. The van der Waals surface area contributed by atoms with Crippen LogP contribution in [0.3, 0.4) is 0 Å². The summed E-state index contributed by atoms with van der Waals surface area (Å²) in [4.78, 5) is 22.2. The first-order valence-corrected chi connectivity index (χ1v) is 9.93. The van der Waals surface area contributed by atoms with E-state index in [1.807, 2.05) is 0 Å². The minimum absolute atomic E-state index is 0.0408. The van der Waals surface area contributed by atoms with Crippen LogP contribution in [0.25, 0.3) is 0 Å². The van der Waals surface area contributed by atoms with Crippen molar-refractivity contribution in [1.29, 1.82) is 0 Å². The van der Waals surface area contributed by atoms with Crippen LogP contribution < -0.4 is 5.43 Å². The van der Waals surface area contributed by atoms with E-state index < -0.39 is 4.92 Å². The summed E-state index contributed by atoms with van der Waals surface area (Å²) >= 11 is 3.30. The van der Waals surface area contributed by atoms with Gasteiger partial charge in [-0.25, -0.2) is 5.43 Å². The zero-order valence-corrected chi connectivity index (χ0v) is 15.6. The second kappa shape index (κ2) is 11.9. The molecule has 24 heavy (non-hydrogen) atoms. The van der Waals surface area contributed by atoms with Gasteiger partial charge in [0.1, 0.15) is 4.38 Å². The predicted octanol–water partition coefficient (Wildman–Crippen LogP) is 4.66. The van der Waals surface area contributed by atoms with Crippen molar-refractivity contribution in [2.24, 2.45) is 5.10 Å².